The highest BCUT2D eigenvalue weighted by Crippen LogP contribution is 2.20. The van der Waals surface area contributed by atoms with E-state index in [1.165, 1.54) is 7.11 Å². The van der Waals surface area contributed by atoms with Crippen LogP contribution in [-0.2, 0) is 30.4 Å². The first-order valence-electron chi connectivity index (χ1n) is 8.94. The number of methoxy groups -OCH3 is 1. The van der Waals surface area contributed by atoms with Gasteiger partial charge in [-0.1, -0.05) is 19.1 Å². The minimum Gasteiger partial charge on any atom is -0.465 e. The summed E-state index contributed by atoms with van der Waals surface area (Å²) in [5, 5.41) is 5.08. The van der Waals surface area contributed by atoms with Gasteiger partial charge in [0.1, 0.15) is 12.1 Å². The first kappa shape index (κ1) is 21.9. The third-order valence-electron chi connectivity index (χ3n) is 4.57. The Morgan fingerprint density at radius 3 is 2.38 bits per heavy atom. The largest absolute Gasteiger partial charge is 0.465 e. The van der Waals surface area contributed by atoms with E-state index in [1.54, 1.807) is 38.1 Å². The third kappa shape index (κ3) is 5.31. The van der Waals surface area contributed by atoms with E-state index in [4.69, 9.17) is 4.74 Å². The van der Waals surface area contributed by atoms with Gasteiger partial charge >= 0.3 is 18.0 Å². The number of amides is 4. The molecular weight excluding hydrogens is 382 g/mol. The van der Waals surface area contributed by atoms with Crippen LogP contribution in [0.1, 0.15) is 36.2 Å². The van der Waals surface area contributed by atoms with E-state index in [0.29, 0.717) is 12.0 Å². The molecule has 1 heterocycles. The Bertz CT molecular complexity index is 822. The number of ether oxygens (including phenoxy) is 2. The minimum absolute atomic E-state index is 0.166. The normalized spacial score (nSPS) is 18.2. The summed E-state index contributed by atoms with van der Waals surface area (Å²) in [6, 6.07) is 5.77. The Morgan fingerprint density at radius 1 is 1.17 bits per heavy atom. The second-order valence-electron chi connectivity index (χ2n) is 6.63. The molecule has 0 bridgehead atoms. The zero-order valence-corrected chi connectivity index (χ0v) is 16.4. The van der Waals surface area contributed by atoms with Crippen LogP contribution in [0.4, 0.5) is 4.79 Å². The molecule has 4 amide bonds. The zero-order valence-electron chi connectivity index (χ0n) is 16.4. The predicted octanol–water partition coefficient (Wildman–Crippen LogP) is 0.353. The molecule has 1 aromatic carbocycles. The summed E-state index contributed by atoms with van der Waals surface area (Å²) in [4.78, 5) is 59.9. The number of carbonyl (C=O) groups excluding carboxylic acids is 5. The fraction of sp³-hybridized carbons (Fsp3) is 0.421. The molecule has 1 aromatic rings. The fourth-order valence-electron chi connectivity index (χ4n) is 2.58. The molecule has 0 spiro atoms. The lowest BCUT2D eigenvalue weighted by molar-refractivity contribution is -0.151. The average Bonchev–Trinajstić information content (AvgIpc) is 2.94. The highest BCUT2D eigenvalue weighted by molar-refractivity contribution is 6.08. The van der Waals surface area contributed by atoms with Gasteiger partial charge in [-0.05, 0) is 31.0 Å². The maximum atomic E-state index is 12.2. The fourth-order valence-corrected chi connectivity index (χ4v) is 2.58. The van der Waals surface area contributed by atoms with Crippen molar-refractivity contribution in [3.63, 3.8) is 0 Å². The van der Waals surface area contributed by atoms with E-state index in [-0.39, 0.29) is 6.54 Å². The Labute approximate surface area is 167 Å². The van der Waals surface area contributed by atoms with E-state index in [2.05, 4.69) is 15.4 Å². The minimum atomic E-state index is -1.04. The monoisotopic (exact) mass is 405 g/mol. The lowest BCUT2D eigenvalue weighted by atomic mass is 9.99. The van der Waals surface area contributed by atoms with Crippen molar-refractivity contribution in [3.05, 3.63) is 35.4 Å². The number of nitrogens with zero attached hydrogens (tertiary/aromatic N) is 1. The quantitative estimate of drug-likeness (QED) is 0.471. The molecule has 10 heteroatoms. The molecule has 0 saturated carbocycles. The highest BCUT2D eigenvalue weighted by Gasteiger charge is 2.47. The molecule has 0 radical (unpaired) electrons. The van der Waals surface area contributed by atoms with Gasteiger partial charge in [0.15, 0.2) is 6.61 Å². The molecule has 0 aliphatic carbocycles. The number of hydrogen-bond donors (Lipinski definition) is 2. The summed E-state index contributed by atoms with van der Waals surface area (Å²) >= 11 is 0. The van der Waals surface area contributed by atoms with Crippen molar-refractivity contribution < 1.29 is 33.4 Å². The number of carbonyl (C=O) groups is 5. The number of urea groups is 1. The van der Waals surface area contributed by atoms with E-state index in [9.17, 15) is 24.0 Å². The van der Waals surface area contributed by atoms with Crippen LogP contribution in [-0.4, -0.2) is 60.5 Å². The van der Waals surface area contributed by atoms with Crippen LogP contribution < -0.4 is 10.6 Å². The molecule has 1 saturated heterocycles. The summed E-state index contributed by atoms with van der Waals surface area (Å²) in [6.45, 7) is 2.37. The maximum Gasteiger partial charge on any atom is 0.337 e. The van der Waals surface area contributed by atoms with Crippen LogP contribution in [0.25, 0.3) is 0 Å². The molecule has 0 unspecified atom stereocenters. The van der Waals surface area contributed by atoms with Gasteiger partial charge in [-0.25, -0.2) is 9.59 Å². The molecule has 10 nitrogen and oxygen atoms in total. The van der Waals surface area contributed by atoms with Crippen LogP contribution in [0, 0.1) is 0 Å². The summed E-state index contributed by atoms with van der Waals surface area (Å²) in [5.41, 5.74) is 0.0738. The van der Waals surface area contributed by atoms with Crippen LogP contribution in [0.15, 0.2) is 24.3 Å². The summed E-state index contributed by atoms with van der Waals surface area (Å²) in [7, 11) is 1.28. The first-order chi connectivity index (χ1) is 13.7. The Morgan fingerprint density at radius 2 is 1.83 bits per heavy atom. The Balaban J connectivity index is 1.76. The summed E-state index contributed by atoms with van der Waals surface area (Å²) < 4.78 is 9.43. The average molecular weight is 405 g/mol. The Hall–Kier alpha value is -3.43. The van der Waals surface area contributed by atoms with Gasteiger partial charge in [-0.15, -0.1) is 0 Å². The molecule has 1 atom stereocenters. The van der Waals surface area contributed by atoms with Crippen molar-refractivity contribution in [2.45, 2.75) is 32.4 Å². The predicted molar refractivity (Wildman–Crippen MR) is 99.5 cm³/mol. The standard InChI is InChI=1S/C19H23N3O7/c1-4-19(2)17(26)22(18(27)21-19)10-15(24)29-11-14(23)20-9-12-5-7-13(8-6-12)16(25)28-3/h5-8H,4,9-11H2,1-3H3,(H,20,23)(H,21,27)/t19-/m1/s1. The number of imide groups is 1. The number of hydrogen-bond acceptors (Lipinski definition) is 7. The van der Waals surface area contributed by atoms with E-state index >= 15 is 0 Å². The van der Waals surface area contributed by atoms with Crippen molar-refractivity contribution in [2.24, 2.45) is 0 Å². The lowest BCUT2D eigenvalue weighted by Gasteiger charge is -2.18. The molecule has 1 fully saturated rings. The van der Waals surface area contributed by atoms with Crippen molar-refractivity contribution in [1.82, 2.24) is 15.5 Å². The van der Waals surface area contributed by atoms with Gasteiger partial charge in [-0.2, -0.15) is 0 Å². The van der Waals surface area contributed by atoms with Crippen molar-refractivity contribution >= 4 is 29.8 Å². The van der Waals surface area contributed by atoms with Gasteiger partial charge in [0.25, 0.3) is 11.8 Å². The van der Waals surface area contributed by atoms with Gasteiger partial charge in [0.05, 0.1) is 12.7 Å². The van der Waals surface area contributed by atoms with Gasteiger partial charge < -0.3 is 20.1 Å². The Kier molecular flexibility index (Phi) is 6.92. The third-order valence-corrected chi connectivity index (χ3v) is 4.57. The topological polar surface area (TPSA) is 131 Å². The maximum absolute atomic E-state index is 12.2. The van der Waals surface area contributed by atoms with Crippen LogP contribution in [0.5, 0.6) is 0 Å². The van der Waals surface area contributed by atoms with E-state index in [0.717, 1.165) is 10.5 Å². The van der Waals surface area contributed by atoms with Gasteiger partial charge in [0.2, 0.25) is 0 Å². The van der Waals surface area contributed by atoms with Crippen LogP contribution in [0.2, 0.25) is 0 Å². The molecular formula is C19H23N3O7. The summed E-state index contributed by atoms with van der Waals surface area (Å²) in [5.74, 6) is -2.39. The second kappa shape index (κ2) is 9.18. The SMILES string of the molecule is CC[C@@]1(C)NC(=O)N(CC(=O)OCC(=O)NCc2ccc(C(=O)OC)cc2)C1=O. The van der Waals surface area contributed by atoms with E-state index < -0.39 is 48.5 Å². The number of rotatable bonds is 8. The molecule has 0 aromatic heterocycles. The number of nitrogens with one attached hydrogen (secondary N) is 2. The number of esters is 2. The van der Waals surface area contributed by atoms with Gasteiger partial charge in [-0.3, -0.25) is 19.3 Å². The molecule has 1 aliphatic heterocycles. The summed E-state index contributed by atoms with van der Waals surface area (Å²) in [6.07, 6.45) is 0.381. The van der Waals surface area contributed by atoms with Crippen molar-refractivity contribution in [3.8, 4) is 0 Å². The zero-order chi connectivity index (χ0) is 21.6. The smallest absolute Gasteiger partial charge is 0.337 e. The highest BCUT2D eigenvalue weighted by atomic mass is 16.5. The second-order valence-corrected chi connectivity index (χ2v) is 6.63. The first-order valence-corrected chi connectivity index (χ1v) is 8.94. The van der Waals surface area contributed by atoms with Crippen LogP contribution >= 0.6 is 0 Å². The van der Waals surface area contributed by atoms with E-state index in [1.807, 2.05) is 0 Å². The molecule has 29 heavy (non-hydrogen) atoms. The molecule has 1 aliphatic rings. The molecule has 156 valence electrons. The van der Waals surface area contributed by atoms with Gasteiger partial charge in [0, 0.05) is 6.54 Å². The van der Waals surface area contributed by atoms with Crippen LogP contribution in [0.3, 0.4) is 0 Å². The van der Waals surface area contributed by atoms with Crippen molar-refractivity contribution in [1.29, 1.82) is 0 Å². The number of benzene rings is 1. The molecule has 2 N–H and O–H groups in total. The lowest BCUT2D eigenvalue weighted by Crippen LogP contribution is -2.43. The van der Waals surface area contributed by atoms with Crippen molar-refractivity contribution in [2.75, 3.05) is 20.3 Å². The molecule has 2 rings (SSSR count).